The molecule has 1 heterocycles. The molecule has 0 amide bonds. The monoisotopic (exact) mass is 736 g/mol. The van der Waals surface area contributed by atoms with Gasteiger partial charge in [-0.1, -0.05) is 52.8 Å². The lowest BCUT2D eigenvalue weighted by Crippen LogP contribution is -2.68. The summed E-state index contributed by atoms with van der Waals surface area (Å²) in [7, 11) is 3.15. The predicted molar refractivity (Wildman–Crippen MR) is 212 cm³/mol. The van der Waals surface area contributed by atoms with Gasteiger partial charge in [0.1, 0.15) is 0 Å². The number of methoxy groups -OCH3 is 1. The maximum atomic E-state index is 12.2. The average molecular weight is 736 g/mol. The zero-order valence-electron chi connectivity index (χ0n) is 33.9. The van der Waals surface area contributed by atoms with Gasteiger partial charge in [-0.3, -0.25) is 0 Å². The van der Waals surface area contributed by atoms with E-state index in [1.807, 2.05) is 12.1 Å². The third kappa shape index (κ3) is 5.98. The number of rotatable bonds is 8. The van der Waals surface area contributed by atoms with Crippen LogP contribution in [0.15, 0.2) is 30.3 Å². The summed E-state index contributed by atoms with van der Waals surface area (Å²) >= 11 is 0. The Hall–Kier alpha value is -1.74. The molecule has 7 nitrogen and oxygen atoms in total. The molecule has 0 radical (unpaired) electrons. The lowest BCUT2D eigenvalue weighted by molar-refractivity contribution is -0.221. The van der Waals surface area contributed by atoms with Crippen LogP contribution in [0.25, 0.3) is 5.57 Å². The molecule has 6 aliphatic rings. The number of nitrogens with one attached hydrogen (secondary N) is 1. The number of benzene rings is 1. The summed E-state index contributed by atoms with van der Waals surface area (Å²) in [4.78, 5) is 17.0. The molecule has 5 fully saturated rings. The number of fused-ring (bicyclic) bond motifs is 7. The molecule has 1 aliphatic heterocycles. The number of nitrogens with zero attached hydrogens (tertiary/aromatic N) is 2. The Balaban J connectivity index is 1.16. The van der Waals surface area contributed by atoms with Crippen LogP contribution in [0.5, 0.6) is 0 Å². The van der Waals surface area contributed by atoms with E-state index >= 15 is 0 Å². The van der Waals surface area contributed by atoms with Crippen molar-refractivity contribution in [3.63, 3.8) is 0 Å². The van der Waals surface area contributed by atoms with Gasteiger partial charge in [0, 0.05) is 37.8 Å². The first-order chi connectivity index (χ1) is 24.4. The molecule has 1 aromatic rings. The molecule has 1 aromatic carbocycles. The molecule has 10 atom stereocenters. The van der Waals surface area contributed by atoms with Crippen LogP contribution in [0.2, 0.25) is 0 Å². The minimum atomic E-state index is -2.86. The van der Waals surface area contributed by atoms with E-state index in [0.29, 0.717) is 76.6 Å². The number of esters is 1. The van der Waals surface area contributed by atoms with E-state index in [1.54, 1.807) is 0 Å². The van der Waals surface area contributed by atoms with Gasteiger partial charge in [-0.05, 0) is 153 Å². The van der Waals surface area contributed by atoms with Crippen molar-refractivity contribution in [1.82, 2.24) is 15.1 Å². The molecule has 0 bridgehead atoms. The second-order valence-corrected chi connectivity index (χ2v) is 22.1. The number of carbonyl (C=O) groups excluding carboxylic acids is 1. The van der Waals surface area contributed by atoms with Crippen molar-refractivity contribution in [2.24, 2.45) is 51.2 Å². The summed E-state index contributed by atoms with van der Waals surface area (Å²) in [5, 5.41) is 4.28. The van der Waals surface area contributed by atoms with E-state index in [4.69, 9.17) is 4.74 Å². The van der Waals surface area contributed by atoms with Gasteiger partial charge >= 0.3 is 5.97 Å². The molecule has 8 heteroatoms. The highest BCUT2D eigenvalue weighted by molar-refractivity contribution is 7.91. The van der Waals surface area contributed by atoms with Crippen molar-refractivity contribution in [1.29, 1.82) is 0 Å². The highest BCUT2D eigenvalue weighted by atomic mass is 32.2. The SMILES string of the molecule is COC(=O)c1ccc(C2=CC[C@]3(C)[C@H]4CC[C@@H]5[C@H]6[C@H](C(C)N(C)C)CC[C@]6(NCCN6CCS(=O)(=O)CC6)CC[C@@]5(C)[C@]4(C)CC[C@H]3C2(C)C)cc1. The second kappa shape index (κ2) is 13.5. The van der Waals surface area contributed by atoms with E-state index in [0.717, 1.165) is 19.5 Å². The summed E-state index contributed by atoms with van der Waals surface area (Å²) in [6.07, 6.45) is 14.1. The number of allylic oxidation sites excluding steroid dienone is 2. The summed E-state index contributed by atoms with van der Waals surface area (Å²) in [5.41, 5.74) is 4.37. The third-order valence-corrected chi connectivity index (χ3v) is 19.1. The first-order valence-electron chi connectivity index (χ1n) is 20.7. The molecule has 7 rings (SSSR count). The van der Waals surface area contributed by atoms with Crippen LogP contribution in [0.3, 0.4) is 0 Å². The highest BCUT2D eigenvalue weighted by Gasteiger charge is 2.70. The topological polar surface area (TPSA) is 79.0 Å². The van der Waals surface area contributed by atoms with Crippen molar-refractivity contribution in [2.45, 2.75) is 111 Å². The van der Waals surface area contributed by atoms with Gasteiger partial charge < -0.3 is 19.9 Å². The molecule has 4 saturated carbocycles. The van der Waals surface area contributed by atoms with Gasteiger partial charge in [-0.25, -0.2) is 13.2 Å². The Labute approximate surface area is 316 Å². The van der Waals surface area contributed by atoms with E-state index in [2.05, 4.69) is 89.0 Å². The van der Waals surface area contributed by atoms with Crippen LogP contribution in [0.4, 0.5) is 0 Å². The van der Waals surface area contributed by atoms with E-state index in [-0.39, 0.29) is 22.3 Å². The van der Waals surface area contributed by atoms with Gasteiger partial charge in [-0.2, -0.15) is 0 Å². The fourth-order valence-electron chi connectivity index (χ4n) is 14.3. The predicted octanol–water partition coefficient (Wildman–Crippen LogP) is 7.57. The van der Waals surface area contributed by atoms with Crippen LogP contribution in [0.1, 0.15) is 115 Å². The summed E-state index contributed by atoms with van der Waals surface area (Å²) in [5.74, 6) is 3.70. The molecule has 0 aromatic heterocycles. The Morgan fingerprint density at radius 2 is 1.62 bits per heavy atom. The minimum Gasteiger partial charge on any atom is -0.465 e. The number of hydrogen-bond acceptors (Lipinski definition) is 7. The molecule has 290 valence electrons. The first kappa shape index (κ1) is 38.5. The van der Waals surface area contributed by atoms with Crippen LogP contribution >= 0.6 is 0 Å². The fourth-order valence-corrected chi connectivity index (χ4v) is 15.6. The smallest absolute Gasteiger partial charge is 0.337 e. The Morgan fingerprint density at radius 3 is 2.27 bits per heavy atom. The van der Waals surface area contributed by atoms with Crippen molar-refractivity contribution in [3.8, 4) is 0 Å². The van der Waals surface area contributed by atoms with Crippen LogP contribution in [0, 0.1) is 51.2 Å². The molecule has 1 saturated heterocycles. The fraction of sp³-hybridized carbons (Fsp3) is 0.795. The summed E-state index contributed by atoms with van der Waals surface area (Å²) < 4.78 is 29.2. The van der Waals surface area contributed by atoms with Crippen molar-refractivity contribution in [2.75, 3.05) is 58.9 Å². The zero-order valence-corrected chi connectivity index (χ0v) is 34.7. The maximum absolute atomic E-state index is 12.2. The van der Waals surface area contributed by atoms with Crippen molar-refractivity contribution in [3.05, 3.63) is 41.5 Å². The van der Waals surface area contributed by atoms with Crippen molar-refractivity contribution >= 4 is 21.4 Å². The van der Waals surface area contributed by atoms with Gasteiger partial charge in [0.2, 0.25) is 0 Å². The Kier molecular flexibility index (Phi) is 9.99. The minimum absolute atomic E-state index is 0.0424. The van der Waals surface area contributed by atoms with Crippen LogP contribution in [-0.2, 0) is 14.6 Å². The molecule has 0 spiro atoms. The molecular weight excluding hydrogens is 667 g/mol. The Morgan fingerprint density at radius 1 is 0.923 bits per heavy atom. The van der Waals surface area contributed by atoms with Gasteiger partial charge in [0.15, 0.2) is 9.84 Å². The maximum Gasteiger partial charge on any atom is 0.337 e. The van der Waals surface area contributed by atoms with E-state index < -0.39 is 9.84 Å². The standard InChI is InChI=1S/C44H69N3O4S/c1-30(46(7)8)33-16-21-44(45-24-25-47-26-28-52(49,50)29-27-47)23-22-42(5)35(38(33)44)14-15-37-41(4)19-17-34(31-10-12-32(13-11-31)39(48)51-9)40(2,3)36(41)18-20-43(37,42)6/h10-13,17,30,33,35-38,45H,14-16,18-29H2,1-9H3/t30?,33-,35+,36-,37+,38+,41-,42+,43+,44-/m0/s1. The first-order valence-corrected chi connectivity index (χ1v) is 22.5. The van der Waals surface area contributed by atoms with Gasteiger partial charge in [0.05, 0.1) is 24.2 Å². The number of sulfone groups is 1. The van der Waals surface area contributed by atoms with E-state index in [1.165, 1.54) is 69.6 Å². The molecule has 1 unspecified atom stereocenters. The molecule has 52 heavy (non-hydrogen) atoms. The van der Waals surface area contributed by atoms with Gasteiger partial charge in [-0.15, -0.1) is 0 Å². The van der Waals surface area contributed by atoms with Crippen LogP contribution < -0.4 is 5.32 Å². The lowest BCUT2D eigenvalue weighted by atomic mass is 9.33. The number of carbonyl (C=O) groups is 1. The number of hydrogen-bond donors (Lipinski definition) is 1. The normalized spacial score (nSPS) is 41.6. The number of ether oxygens (including phenoxy) is 1. The highest BCUT2D eigenvalue weighted by Crippen LogP contribution is 2.76. The Bertz CT molecular complexity index is 1640. The second-order valence-electron chi connectivity index (χ2n) is 19.8. The molecule has 1 N–H and O–H groups in total. The van der Waals surface area contributed by atoms with Crippen LogP contribution in [-0.4, -0.2) is 94.7 Å². The summed E-state index contributed by atoms with van der Waals surface area (Å²) in [6, 6.07) is 8.67. The van der Waals surface area contributed by atoms with Gasteiger partial charge in [0.25, 0.3) is 0 Å². The third-order valence-electron chi connectivity index (χ3n) is 17.5. The quantitative estimate of drug-likeness (QED) is 0.276. The van der Waals surface area contributed by atoms with Crippen molar-refractivity contribution < 1.29 is 17.9 Å². The average Bonchev–Trinajstić information content (AvgIpc) is 3.48. The zero-order chi connectivity index (χ0) is 37.5. The largest absolute Gasteiger partial charge is 0.465 e. The molecular formula is C44H69N3O4S. The lowest BCUT2D eigenvalue weighted by Gasteiger charge is -2.72. The molecule has 5 aliphatic carbocycles. The summed E-state index contributed by atoms with van der Waals surface area (Å²) in [6.45, 7) is 18.9. The van der Waals surface area contributed by atoms with E-state index in [9.17, 15) is 13.2 Å².